The SMILES string of the molecule is O=[N+]([O-])c1cc(Cl)c(Cl)cc1C1OCCCCO1. The molecule has 7 heteroatoms. The van der Waals surface area contributed by atoms with Crippen LogP contribution in [-0.4, -0.2) is 18.1 Å². The van der Waals surface area contributed by atoms with Crippen molar-refractivity contribution >= 4 is 28.9 Å². The molecule has 1 aromatic rings. The fourth-order valence-corrected chi connectivity index (χ4v) is 2.04. The molecule has 1 fully saturated rings. The third-order valence-electron chi connectivity index (χ3n) is 2.60. The fraction of sp³-hybridized carbons (Fsp3) is 0.455. The molecule has 0 radical (unpaired) electrons. The van der Waals surface area contributed by atoms with E-state index >= 15 is 0 Å². The van der Waals surface area contributed by atoms with Gasteiger partial charge in [-0.15, -0.1) is 0 Å². The van der Waals surface area contributed by atoms with Gasteiger partial charge in [-0.2, -0.15) is 0 Å². The van der Waals surface area contributed by atoms with E-state index in [0.29, 0.717) is 18.8 Å². The summed E-state index contributed by atoms with van der Waals surface area (Å²) in [6, 6.07) is 2.65. The lowest BCUT2D eigenvalue weighted by atomic mass is 10.1. The van der Waals surface area contributed by atoms with Gasteiger partial charge in [0.05, 0.1) is 33.7 Å². The molecule has 2 rings (SSSR count). The van der Waals surface area contributed by atoms with Gasteiger partial charge in [0.25, 0.3) is 5.69 Å². The van der Waals surface area contributed by atoms with Crippen molar-refractivity contribution in [3.8, 4) is 0 Å². The Morgan fingerprint density at radius 2 is 1.72 bits per heavy atom. The first-order valence-corrected chi connectivity index (χ1v) is 6.21. The normalized spacial score (nSPS) is 17.4. The molecule has 1 aliphatic heterocycles. The summed E-state index contributed by atoms with van der Waals surface area (Å²) in [5.74, 6) is 0. The van der Waals surface area contributed by atoms with Crippen LogP contribution in [0.4, 0.5) is 5.69 Å². The third kappa shape index (κ3) is 2.92. The first-order valence-electron chi connectivity index (χ1n) is 5.46. The Balaban J connectivity index is 2.40. The highest BCUT2D eigenvalue weighted by Crippen LogP contribution is 2.36. The molecule has 98 valence electrons. The Morgan fingerprint density at radius 3 is 2.28 bits per heavy atom. The van der Waals surface area contributed by atoms with E-state index in [2.05, 4.69) is 0 Å². The predicted octanol–water partition coefficient (Wildman–Crippen LogP) is 3.73. The van der Waals surface area contributed by atoms with Crippen molar-refractivity contribution in [1.82, 2.24) is 0 Å². The molecule has 1 heterocycles. The smallest absolute Gasteiger partial charge is 0.279 e. The van der Waals surface area contributed by atoms with Crippen LogP contribution in [-0.2, 0) is 9.47 Å². The standard InChI is InChI=1S/C11H11Cl2NO4/c12-8-5-7(10(14(15)16)6-9(8)13)11-17-3-1-2-4-18-11/h5-6,11H,1-4H2. The predicted molar refractivity (Wildman–Crippen MR) is 67.0 cm³/mol. The summed E-state index contributed by atoms with van der Waals surface area (Å²) < 4.78 is 10.9. The fourth-order valence-electron chi connectivity index (χ4n) is 1.71. The summed E-state index contributed by atoms with van der Waals surface area (Å²) >= 11 is 11.7. The van der Waals surface area contributed by atoms with Gasteiger partial charge in [0.1, 0.15) is 0 Å². The first kappa shape index (κ1) is 13.5. The second kappa shape index (κ2) is 5.84. The number of benzene rings is 1. The van der Waals surface area contributed by atoms with Crippen molar-refractivity contribution in [2.24, 2.45) is 0 Å². The second-order valence-electron chi connectivity index (χ2n) is 3.86. The Bertz CT molecular complexity index is 459. The van der Waals surface area contributed by atoms with Crippen molar-refractivity contribution in [1.29, 1.82) is 0 Å². The summed E-state index contributed by atoms with van der Waals surface area (Å²) in [5.41, 5.74) is 0.160. The van der Waals surface area contributed by atoms with E-state index in [1.807, 2.05) is 0 Å². The highest BCUT2D eigenvalue weighted by Gasteiger charge is 2.26. The number of hydrogen-bond donors (Lipinski definition) is 0. The van der Waals surface area contributed by atoms with Crippen molar-refractivity contribution in [3.63, 3.8) is 0 Å². The molecule has 0 amide bonds. The van der Waals surface area contributed by atoms with Crippen LogP contribution < -0.4 is 0 Å². The van der Waals surface area contributed by atoms with E-state index < -0.39 is 11.2 Å². The Kier molecular flexibility index (Phi) is 4.40. The number of nitrogens with zero attached hydrogens (tertiary/aromatic N) is 1. The molecule has 0 spiro atoms. The van der Waals surface area contributed by atoms with E-state index in [1.54, 1.807) is 0 Å². The van der Waals surface area contributed by atoms with E-state index in [9.17, 15) is 10.1 Å². The molecule has 0 N–H and O–H groups in total. The van der Waals surface area contributed by atoms with E-state index in [-0.39, 0.29) is 15.7 Å². The Morgan fingerprint density at radius 1 is 1.17 bits per heavy atom. The van der Waals surface area contributed by atoms with Crippen molar-refractivity contribution in [2.45, 2.75) is 19.1 Å². The average Bonchev–Trinajstić information content (AvgIpc) is 2.60. The van der Waals surface area contributed by atoms with Gasteiger partial charge in [0.2, 0.25) is 0 Å². The van der Waals surface area contributed by atoms with Gasteiger partial charge in [-0.3, -0.25) is 10.1 Å². The largest absolute Gasteiger partial charge is 0.348 e. The zero-order chi connectivity index (χ0) is 13.1. The third-order valence-corrected chi connectivity index (χ3v) is 3.32. The van der Waals surface area contributed by atoms with E-state index in [4.69, 9.17) is 32.7 Å². The molecule has 0 bridgehead atoms. The maximum Gasteiger partial charge on any atom is 0.279 e. The molecule has 0 saturated carbocycles. The van der Waals surface area contributed by atoms with E-state index in [0.717, 1.165) is 12.8 Å². The van der Waals surface area contributed by atoms with Crippen LogP contribution in [0.2, 0.25) is 10.0 Å². The minimum atomic E-state index is -0.761. The van der Waals surface area contributed by atoms with E-state index in [1.165, 1.54) is 12.1 Å². The second-order valence-corrected chi connectivity index (χ2v) is 4.68. The maximum atomic E-state index is 11.0. The molecule has 0 aliphatic carbocycles. The molecule has 1 aliphatic rings. The molecular formula is C11H11Cl2NO4. The molecule has 18 heavy (non-hydrogen) atoms. The number of halogens is 2. The number of hydrogen-bond acceptors (Lipinski definition) is 4. The van der Waals surface area contributed by atoms with Gasteiger partial charge in [0.15, 0.2) is 6.29 Å². The Labute approximate surface area is 114 Å². The van der Waals surface area contributed by atoms with Crippen LogP contribution in [0.1, 0.15) is 24.7 Å². The quantitative estimate of drug-likeness (QED) is 0.615. The number of nitro groups is 1. The molecule has 0 aromatic heterocycles. The minimum absolute atomic E-state index is 0.140. The summed E-state index contributed by atoms with van der Waals surface area (Å²) in [4.78, 5) is 10.5. The van der Waals surface area contributed by atoms with Crippen LogP contribution in [0.25, 0.3) is 0 Å². The van der Waals surface area contributed by atoms with Gasteiger partial charge in [-0.05, 0) is 18.9 Å². The zero-order valence-electron chi connectivity index (χ0n) is 9.40. The first-order chi connectivity index (χ1) is 8.59. The summed E-state index contributed by atoms with van der Waals surface area (Å²) in [6.07, 6.45) is 0.972. The van der Waals surface area contributed by atoms with Crippen LogP contribution in [0.5, 0.6) is 0 Å². The summed E-state index contributed by atoms with van der Waals surface area (Å²) in [6.45, 7) is 1.00. The van der Waals surface area contributed by atoms with Crippen molar-refractivity contribution in [3.05, 3.63) is 37.9 Å². The number of ether oxygens (including phenoxy) is 2. The van der Waals surface area contributed by atoms with Gasteiger partial charge in [0, 0.05) is 6.07 Å². The van der Waals surface area contributed by atoms with Crippen molar-refractivity contribution < 1.29 is 14.4 Å². The molecule has 0 unspecified atom stereocenters. The number of rotatable bonds is 2. The highest BCUT2D eigenvalue weighted by molar-refractivity contribution is 6.42. The number of nitro benzene ring substituents is 1. The van der Waals surface area contributed by atoms with Gasteiger partial charge >= 0.3 is 0 Å². The topological polar surface area (TPSA) is 61.6 Å². The lowest BCUT2D eigenvalue weighted by molar-refractivity contribution is -0.387. The van der Waals surface area contributed by atoms with Gasteiger partial charge in [-0.1, -0.05) is 23.2 Å². The van der Waals surface area contributed by atoms with Crippen LogP contribution in [0, 0.1) is 10.1 Å². The highest BCUT2D eigenvalue weighted by atomic mass is 35.5. The monoisotopic (exact) mass is 291 g/mol. The van der Waals surface area contributed by atoms with Gasteiger partial charge in [-0.25, -0.2) is 0 Å². The molecule has 1 saturated heterocycles. The Hall–Kier alpha value is -0.880. The lowest BCUT2D eigenvalue weighted by Gasteiger charge is -2.16. The van der Waals surface area contributed by atoms with Crippen LogP contribution in [0.15, 0.2) is 12.1 Å². The molecule has 0 atom stereocenters. The van der Waals surface area contributed by atoms with Crippen LogP contribution in [0.3, 0.4) is 0 Å². The van der Waals surface area contributed by atoms with Crippen molar-refractivity contribution in [2.75, 3.05) is 13.2 Å². The van der Waals surface area contributed by atoms with Crippen LogP contribution >= 0.6 is 23.2 Å². The average molecular weight is 292 g/mol. The minimum Gasteiger partial charge on any atom is -0.348 e. The zero-order valence-corrected chi connectivity index (χ0v) is 10.9. The maximum absolute atomic E-state index is 11.0. The molecule has 1 aromatic carbocycles. The van der Waals surface area contributed by atoms with Gasteiger partial charge < -0.3 is 9.47 Å². The molecular weight excluding hydrogens is 281 g/mol. The summed E-state index contributed by atoms with van der Waals surface area (Å²) in [5, 5.41) is 11.4. The summed E-state index contributed by atoms with van der Waals surface area (Å²) in [7, 11) is 0. The molecule has 5 nitrogen and oxygen atoms in total. The lowest BCUT2D eigenvalue weighted by Crippen LogP contribution is -2.09.